The van der Waals surface area contributed by atoms with E-state index in [-0.39, 0.29) is 0 Å². The lowest BCUT2D eigenvalue weighted by molar-refractivity contribution is 0.323. The third-order valence-electron chi connectivity index (χ3n) is 3.68. The van der Waals surface area contributed by atoms with Gasteiger partial charge >= 0.3 is 0 Å². The average molecular weight is 341 g/mol. The Morgan fingerprint density at radius 2 is 2.04 bits per heavy atom. The summed E-state index contributed by atoms with van der Waals surface area (Å²) in [6.07, 6.45) is 0.737. The number of oxazole rings is 1. The third kappa shape index (κ3) is 2.90. The Balaban J connectivity index is 1.46. The number of benzene rings is 1. The maximum absolute atomic E-state index is 5.96. The molecule has 1 aromatic carbocycles. The second kappa shape index (κ2) is 6.18. The van der Waals surface area contributed by atoms with Gasteiger partial charge in [0, 0.05) is 16.5 Å². The van der Waals surface area contributed by atoms with Crippen molar-refractivity contribution in [2.45, 2.75) is 13.3 Å². The summed E-state index contributed by atoms with van der Waals surface area (Å²) in [5.41, 5.74) is 0.964. The number of ether oxygens (including phenoxy) is 1. The van der Waals surface area contributed by atoms with Gasteiger partial charge in [-0.1, -0.05) is 12.1 Å². The number of hydrogen-bond donors (Lipinski definition) is 0. The van der Waals surface area contributed by atoms with E-state index < -0.39 is 0 Å². The zero-order valence-corrected chi connectivity index (χ0v) is 14.2. The van der Waals surface area contributed by atoms with Crippen LogP contribution in [0.25, 0.3) is 20.9 Å². The molecule has 0 spiro atoms. The lowest BCUT2D eigenvalue weighted by Gasteiger charge is -2.06. The average Bonchev–Trinajstić information content (AvgIpc) is 3.27. The minimum atomic E-state index is 0.589. The normalized spacial score (nSPS) is 11.2. The first-order valence-corrected chi connectivity index (χ1v) is 9.16. The van der Waals surface area contributed by atoms with E-state index in [4.69, 9.17) is 9.15 Å². The molecular weight excluding hydrogens is 326 g/mol. The molecule has 0 aliphatic rings. The van der Waals surface area contributed by atoms with Crippen LogP contribution < -0.4 is 4.74 Å². The van der Waals surface area contributed by atoms with Crippen LogP contribution in [0.15, 0.2) is 51.6 Å². The van der Waals surface area contributed by atoms with Crippen molar-refractivity contribution in [3.05, 3.63) is 58.6 Å². The van der Waals surface area contributed by atoms with Gasteiger partial charge in [0.1, 0.15) is 11.5 Å². The van der Waals surface area contributed by atoms with E-state index in [2.05, 4.69) is 22.5 Å². The molecule has 0 fully saturated rings. The maximum Gasteiger partial charge on any atom is 0.236 e. The van der Waals surface area contributed by atoms with Crippen molar-refractivity contribution in [3.8, 4) is 16.5 Å². The molecule has 0 unspecified atom stereocenters. The molecule has 0 N–H and O–H groups in total. The van der Waals surface area contributed by atoms with E-state index in [0.29, 0.717) is 12.5 Å². The van der Waals surface area contributed by atoms with Crippen LogP contribution in [-0.2, 0) is 6.42 Å². The van der Waals surface area contributed by atoms with Crippen molar-refractivity contribution in [3.63, 3.8) is 0 Å². The van der Waals surface area contributed by atoms with E-state index >= 15 is 0 Å². The quantitative estimate of drug-likeness (QED) is 0.477. The van der Waals surface area contributed by atoms with Gasteiger partial charge < -0.3 is 9.15 Å². The second-order valence-electron chi connectivity index (χ2n) is 5.19. The Bertz CT molecular complexity index is 922. The number of aromatic nitrogens is 1. The van der Waals surface area contributed by atoms with Gasteiger partial charge in [0.05, 0.1) is 17.2 Å². The van der Waals surface area contributed by atoms with Crippen LogP contribution in [-0.4, -0.2) is 11.6 Å². The zero-order valence-electron chi connectivity index (χ0n) is 12.6. The molecule has 116 valence electrons. The molecule has 3 aromatic heterocycles. The highest BCUT2D eigenvalue weighted by Crippen LogP contribution is 2.30. The predicted molar refractivity (Wildman–Crippen MR) is 95.6 cm³/mol. The fourth-order valence-corrected chi connectivity index (χ4v) is 3.97. The van der Waals surface area contributed by atoms with Crippen molar-refractivity contribution >= 4 is 32.8 Å². The van der Waals surface area contributed by atoms with Gasteiger partial charge in [-0.05, 0) is 41.9 Å². The Morgan fingerprint density at radius 1 is 1.09 bits per heavy atom. The highest BCUT2D eigenvalue weighted by Gasteiger charge is 2.12. The number of rotatable bonds is 5. The Labute approximate surface area is 142 Å². The first-order valence-electron chi connectivity index (χ1n) is 7.40. The number of aryl methyl sites for hydroxylation is 1. The van der Waals surface area contributed by atoms with Crippen molar-refractivity contribution < 1.29 is 9.15 Å². The highest BCUT2D eigenvalue weighted by atomic mass is 32.1. The molecule has 23 heavy (non-hydrogen) atoms. The molecule has 3 heterocycles. The van der Waals surface area contributed by atoms with Crippen LogP contribution in [0, 0.1) is 6.92 Å². The van der Waals surface area contributed by atoms with Crippen LogP contribution in [0.3, 0.4) is 0 Å². The Hall–Kier alpha value is -2.11. The van der Waals surface area contributed by atoms with E-state index in [1.807, 2.05) is 36.6 Å². The molecule has 4 aromatic rings. The molecule has 0 amide bonds. The van der Waals surface area contributed by atoms with Gasteiger partial charge in [0.2, 0.25) is 5.89 Å². The summed E-state index contributed by atoms with van der Waals surface area (Å²) in [6.45, 7) is 2.55. The fraction of sp³-hybridized carbons (Fsp3) is 0.167. The lowest BCUT2D eigenvalue weighted by Crippen LogP contribution is -2.02. The lowest BCUT2D eigenvalue weighted by atomic mass is 10.2. The minimum Gasteiger partial charge on any atom is -0.493 e. The van der Waals surface area contributed by atoms with Gasteiger partial charge in [-0.15, -0.1) is 22.7 Å². The maximum atomic E-state index is 5.96. The Morgan fingerprint density at radius 3 is 2.91 bits per heavy atom. The summed E-state index contributed by atoms with van der Waals surface area (Å²) >= 11 is 3.36. The van der Waals surface area contributed by atoms with Crippen LogP contribution in [0.5, 0.6) is 5.75 Å². The van der Waals surface area contributed by atoms with Crippen LogP contribution in [0.4, 0.5) is 0 Å². The highest BCUT2D eigenvalue weighted by molar-refractivity contribution is 7.17. The van der Waals surface area contributed by atoms with Crippen molar-refractivity contribution in [1.82, 2.24) is 4.98 Å². The molecule has 0 atom stereocenters. The summed E-state index contributed by atoms with van der Waals surface area (Å²) in [4.78, 5) is 5.66. The molecule has 3 nitrogen and oxygen atoms in total. The van der Waals surface area contributed by atoms with E-state index in [1.165, 1.54) is 10.1 Å². The summed E-state index contributed by atoms with van der Waals surface area (Å²) in [7, 11) is 0. The standard InChI is InChI=1S/C18H15NO2S2/c1-12-14(19-18(21-12)17-6-3-10-22-17)7-9-20-15-4-2-5-16-13(15)8-11-23-16/h2-6,8,10-11H,7,9H2,1H3. The summed E-state index contributed by atoms with van der Waals surface area (Å²) in [5.74, 6) is 2.50. The number of nitrogens with zero attached hydrogens (tertiary/aromatic N) is 1. The van der Waals surface area contributed by atoms with Crippen molar-refractivity contribution in [2.75, 3.05) is 6.61 Å². The van der Waals surface area contributed by atoms with Crippen LogP contribution >= 0.6 is 22.7 Å². The fourth-order valence-electron chi connectivity index (χ4n) is 2.52. The van der Waals surface area contributed by atoms with Crippen molar-refractivity contribution in [2.24, 2.45) is 0 Å². The van der Waals surface area contributed by atoms with Crippen molar-refractivity contribution in [1.29, 1.82) is 0 Å². The summed E-state index contributed by atoms with van der Waals surface area (Å²) < 4.78 is 13.0. The Kier molecular flexibility index (Phi) is 3.89. The van der Waals surface area contributed by atoms with Gasteiger partial charge in [-0.25, -0.2) is 4.98 Å². The largest absolute Gasteiger partial charge is 0.493 e. The van der Waals surface area contributed by atoms with Crippen LogP contribution in [0.1, 0.15) is 11.5 Å². The molecule has 0 saturated carbocycles. The molecule has 0 aliphatic heterocycles. The smallest absolute Gasteiger partial charge is 0.236 e. The minimum absolute atomic E-state index is 0.589. The first-order chi connectivity index (χ1) is 11.3. The van der Waals surface area contributed by atoms with Gasteiger partial charge in [0.25, 0.3) is 0 Å². The van der Waals surface area contributed by atoms with Gasteiger partial charge in [-0.2, -0.15) is 0 Å². The second-order valence-corrected chi connectivity index (χ2v) is 7.08. The molecule has 5 heteroatoms. The number of fused-ring (bicyclic) bond motifs is 1. The first kappa shape index (κ1) is 14.5. The SMILES string of the molecule is Cc1oc(-c2cccs2)nc1CCOc1cccc2sccc12. The van der Waals surface area contributed by atoms with E-state index in [0.717, 1.165) is 28.5 Å². The van der Waals surface area contributed by atoms with Gasteiger partial charge in [-0.3, -0.25) is 0 Å². The predicted octanol–water partition coefficient (Wildman–Crippen LogP) is 5.55. The van der Waals surface area contributed by atoms with E-state index in [9.17, 15) is 0 Å². The van der Waals surface area contributed by atoms with E-state index in [1.54, 1.807) is 22.7 Å². The molecule has 0 aliphatic carbocycles. The monoisotopic (exact) mass is 341 g/mol. The molecule has 0 bridgehead atoms. The zero-order chi connectivity index (χ0) is 15.6. The molecule has 0 radical (unpaired) electrons. The van der Waals surface area contributed by atoms with Crippen LogP contribution in [0.2, 0.25) is 0 Å². The number of thiophene rings is 2. The topological polar surface area (TPSA) is 35.3 Å². The summed E-state index contributed by atoms with van der Waals surface area (Å²) in [6, 6.07) is 12.3. The molecule has 4 rings (SSSR count). The molecular formula is C18H15NO2S2. The van der Waals surface area contributed by atoms with Gasteiger partial charge in [0.15, 0.2) is 0 Å². The summed E-state index contributed by atoms with van der Waals surface area (Å²) in [5, 5.41) is 5.29. The third-order valence-corrected chi connectivity index (χ3v) is 5.42. The number of hydrogen-bond acceptors (Lipinski definition) is 5. The molecule has 0 saturated heterocycles.